The van der Waals surface area contributed by atoms with Gasteiger partial charge in [-0.25, -0.2) is 0 Å². The fourth-order valence-corrected chi connectivity index (χ4v) is 4.11. The lowest BCUT2D eigenvalue weighted by Gasteiger charge is -2.43. The number of hydrogen-bond donors (Lipinski definition) is 1. The van der Waals surface area contributed by atoms with Crippen molar-refractivity contribution in [2.24, 2.45) is 11.8 Å². The minimum absolute atomic E-state index is 0.387. The molecule has 3 nitrogen and oxygen atoms in total. The van der Waals surface area contributed by atoms with Crippen LogP contribution in [-0.2, 0) is 4.74 Å². The molecule has 0 bridgehead atoms. The van der Waals surface area contributed by atoms with E-state index in [0.717, 1.165) is 38.1 Å². The van der Waals surface area contributed by atoms with Crippen LogP contribution in [0.1, 0.15) is 52.4 Å². The summed E-state index contributed by atoms with van der Waals surface area (Å²) in [5, 5.41) is 3.84. The molecule has 2 rings (SSSR count). The first-order valence-electron chi connectivity index (χ1n) is 8.79. The van der Waals surface area contributed by atoms with Crippen LogP contribution in [0.3, 0.4) is 0 Å². The van der Waals surface area contributed by atoms with Gasteiger partial charge in [-0.1, -0.05) is 39.5 Å². The molecule has 1 aliphatic carbocycles. The highest BCUT2D eigenvalue weighted by molar-refractivity contribution is 4.91. The maximum Gasteiger partial charge on any atom is 0.0857 e. The predicted molar refractivity (Wildman–Crippen MR) is 85.1 cm³/mol. The molecule has 4 unspecified atom stereocenters. The summed E-state index contributed by atoms with van der Waals surface area (Å²) in [6, 6.07) is 0.558. The van der Waals surface area contributed by atoms with Gasteiger partial charge < -0.3 is 15.0 Å². The number of hydrogen-bond acceptors (Lipinski definition) is 3. The zero-order valence-corrected chi connectivity index (χ0v) is 13.7. The number of nitrogens with zero attached hydrogens (tertiary/aromatic N) is 1. The summed E-state index contributed by atoms with van der Waals surface area (Å²) in [4.78, 5) is 2.43. The number of nitrogens with one attached hydrogen (secondary N) is 1. The highest BCUT2D eigenvalue weighted by atomic mass is 16.5. The molecular weight excluding hydrogens is 248 g/mol. The van der Waals surface area contributed by atoms with Crippen LogP contribution in [0.25, 0.3) is 0 Å². The van der Waals surface area contributed by atoms with Crippen LogP contribution in [-0.4, -0.2) is 50.3 Å². The van der Waals surface area contributed by atoms with E-state index in [9.17, 15) is 0 Å². The summed E-state index contributed by atoms with van der Waals surface area (Å²) >= 11 is 0. The van der Waals surface area contributed by atoms with Crippen molar-refractivity contribution in [2.45, 2.75) is 64.5 Å². The Bertz CT molecular complexity index is 272. The van der Waals surface area contributed by atoms with Crippen molar-refractivity contribution in [3.63, 3.8) is 0 Å². The van der Waals surface area contributed by atoms with E-state index in [1.54, 1.807) is 0 Å². The number of likely N-dealkylation sites (N-methyl/N-ethyl adjacent to an activating group) is 1. The van der Waals surface area contributed by atoms with Crippen LogP contribution >= 0.6 is 0 Å². The molecule has 0 amide bonds. The van der Waals surface area contributed by atoms with Crippen molar-refractivity contribution in [1.82, 2.24) is 10.2 Å². The number of rotatable bonds is 6. The van der Waals surface area contributed by atoms with Gasteiger partial charge in [0.2, 0.25) is 0 Å². The van der Waals surface area contributed by atoms with E-state index in [1.165, 1.54) is 38.5 Å². The molecule has 3 heteroatoms. The van der Waals surface area contributed by atoms with Gasteiger partial charge in [-0.3, -0.25) is 0 Å². The topological polar surface area (TPSA) is 24.5 Å². The smallest absolute Gasteiger partial charge is 0.0857 e. The van der Waals surface area contributed by atoms with Gasteiger partial charge in [-0.2, -0.15) is 0 Å². The lowest BCUT2D eigenvalue weighted by Crippen LogP contribution is -2.56. The molecule has 0 aromatic carbocycles. The molecule has 0 aromatic rings. The van der Waals surface area contributed by atoms with Crippen LogP contribution in [0.2, 0.25) is 0 Å². The van der Waals surface area contributed by atoms with Gasteiger partial charge in [0.25, 0.3) is 0 Å². The minimum Gasteiger partial charge on any atom is -0.374 e. The summed E-state index contributed by atoms with van der Waals surface area (Å²) in [5.41, 5.74) is 0. The summed E-state index contributed by atoms with van der Waals surface area (Å²) < 4.78 is 6.15. The van der Waals surface area contributed by atoms with E-state index in [2.05, 4.69) is 31.1 Å². The second-order valence-corrected chi connectivity index (χ2v) is 6.77. The first-order chi connectivity index (χ1) is 9.76. The van der Waals surface area contributed by atoms with E-state index in [0.29, 0.717) is 12.1 Å². The maximum atomic E-state index is 6.15. The standard InChI is InChI=1S/C17H34N2O/c1-4-10-18-17(16-13-19(3)11-12-20-16)15-9-7-6-8-14(15)5-2/h14-18H,4-13H2,1-3H3. The van der Waals surface area contributed by atoms with E-state index in [4.69, 9.17) is 4.74 Å². The van der Waals surface area contributed by atoms with Gasteiger partial charge >= 0.3 is 0 Å². The summed E-state index contributed by atoms with van der Waals surface area (Å²) in [6.45, 7) is 8.83. The Kier molecular flexibility index (Phi) is 6.79. The van der Waals surface area contributed by atoms with Gasteiger partial charge in [0.15, 0.2) is 0 Å². The molecule has 1 heterocycles. The Morgan fingerprint density at radius 2 is 2.05 bits per heavy atom. The van der Waals surface area contributed by atoms with E-state index >= 15 is 0 Å². The van der Waals surface area contributed by atoms with Crippen molar-refractivity contribution in [1.29, 1.82) is 0 Å². The highest BCUT2D eigenvalue weighted by Crippen LogP contribution is 2.36. The van der Waals surface area contributed by atoms with Crippen molar-refractivity contribution in [3.8, 4) is 0 Å². The van der Waals surface area contributed by atoms with Gasteiger partial charge in [0.05, 0.1) is 12.7 Å². The van der Waals surface area contributed by atoms with Gasteiger partial charge in [-0.15, -0.1) is 0 Å². The zero-order valence-electron chi connectivity index (χ0n) is 13.7. The Hall–Kier alpha value is -0.120. The van der Waals surface area contributed by atoms with Crippen LogP contribution in [0.4, 0.5) is 0 Å². The van der Waals surface area contributed by atoms with Crippen LogP contribution in [0.5, 0.6) is 0 Å². The molecule has 118 valence electrons. The fraction of sp³-hybridized carbons (Fsp3) is 1.00. The summed E-state index contributed by atoms with van der Waals surface area (Å²) in [7, 11) is 2.23. The number of morpholine rings is 1. The van der Waals surface area contributed by atoms with Crippen LogP contribution < -0.4 is 5.32 Å². The molecule has 0 spiro atoms. The van der Waals surface area contributed by atoms with Gasteiger partial charge in [-0.05, 0) is 38.3 Å². The SMILES string of the molecule is CCCNC(C1CN(C)CCO1)C1CCCCC1CC. The first kappa shape index (κ1) is 16.3. The normalized spacial score (nSPS) is 34.0. The fourth-order valence-electron chi connectivity index (χ4n) is 4.11. The van der Waals surface area contributed by atoms with Crippen LogP contribution in [0.15, 0.2) is 0 Å². The first-order valence-corrected chi connectivity index (χ1v) is 8.79. The Labute approximate surface area is 125 Å². The average molecular weight is 282 g/mol. The summed E-state index contributed by atoms with van der Waals surface area (Å²) in [5.74, 6) is 1.71. The van der Waals surface area contributed by atoms with Crippen LogP contribution in [0, 0.1) is 11.8 Å². The minimum atomic E-state index is 0.387. The largest absolute Gasteiger partial charge is 0.374 e. The van der Waals surface area contributed by atoms with E-state index in [-0.39, 0.29) is 0 Å². The molecule has 0 aromatic heterocycles. The number of ether oxygens (including phenoxy) is 1. The quantitative estimate of drug-likeness (QED) is 0.811. The monoisotopic (exact) mass is 282 g/mol. The van der Waals surface area contributed by atoms with E-state index < -0.39 is 0 Å². The molecule has 1 aliphatic heterocycles. The second kappa shape index (κ2) is 8.35. The predicted octanol–water partition coefficient (Wildman–Crippen LogP) is 2.90. The Morgan fingerprint density at radius 1 is 1.25 bits per heavy atom. The van der Waals surface area contributed by atoms with Crippen molar-refractivity contribution in [2.75, 3.05) is 33.3 Å². The lowest BCUT2D eigenvalue weighted by molar-refractivity contribution is -0.0588. The highest BCUT2D eigenvalue weighted by Gasteiger charge is 2.37. The Morgan fingerprint density at radius 3 is 2.75 bits per heavy atom. The van der Waals surface area contributed by atoms with Crippen molar-refractivity contribution >= 4 is 0 Å². The van der Waals surface area contributed by atoms with Gasteiger partial charge in [0.1, 0.15) is 0 Å². The molecule has 4 atom stereocenters. The van der Waals surface area contributed by atoms with E-state index in [1.807, 2.05) is 0 Å². The lowest BCUT2D eigenvalue weighted by atomic mass is 9.72. The van der Waals surface area contributed by atoms with Gasteiger partial charge in [0, 0.05) is 19.1 Å². The Balaban J connectivity index is 2.04. The maximum absolute atomic E-state index is 6.15. The summed E-state index contributed by atoms with van der Waals surface area (Å²) in [6.07, 6.45) is 8.59. The second-order valence-electron chi connectivity index (χ2n) is 6.77. The molecule has 2 aliphatic rings. The van der Waals surface area contributed by atoms with Crippen molar-refractivity contribution in [3.05, 3.63) is 0 Å². The molecule has 1 N–H and O–H groups in total. The molecule has 2 fully saturated rings. The molecule has 1 saturated heterocycles. The van der Waals surface area contributed by atoms with Crippen molar-refractivity contribution < 1.29 is 4.74 Å². The third-order valence-corrected chi connectivity index (χ3v) is 5.28. The molecular formula is C17H34N2O. The third kappa shape index (κ3) is 4.19. The average Bonchev–Trinajstić information content (AvgIpc) is 2.48. The zero-order chi connectivity index (χ0) is 14.4. The molecule has 20 heavy (non-hydrogen) atoms. The molecule has 0 radical (unpaired) electrons. The molecule has 1 saturated carbocycles. The third-order valence-electron chi connectivity index (χ3n) is 5.28.